The van der Waals surface area contributed by atoms with E-state index in [0.717, 1.165) is 31.7 Å². The molecule has 0 spiro atoms. The van der Waals surface area contributed by atoms with Gasteiger partial charge >= 0.3 is 0 Å². The Bertz CT molecular complexity index is 416. The van der Waals surface area contributed by atoms with E-state index in [4.69, 9.17) is 0 Å². The second kappa shape index (κ2) is 5.33. The minimum atomic E-state index is -0.819. The summed E-state index contributed by atoms with van der Waals surface area (Å²) in [4.78, 5) is 1.85. The van der Waals surface area contributed by atoms with E-state index in [1.165, 1.54) is 6.07 Å². The monoisotopic (exact) mass is 255 g/mol. The van der Waals surface area contributed by atoms with Gasteiger partial charge < -0.3 is 5.11 Å². The van der Waals surface area contributed by atoms with Crippen LogP contribution >= 0.6 is 0 Å². The van der Waals surface area contributed by atoms with Crippen molar-refractivity contribution in [2.45, 2.75) is 37.8 Å². The number of aliphatic hydroxyl groups is 1. The van der Waals surface area contributed by atoms with Gasteiger partial charge in [0, 0.05) is 18.7 Å². The molecule has 2 nitrogen and oxygen atoms in total. The van der Waals surface area contributed by atoms with Crippen LogP contribution in [0.3, 0.4) is 0 Å². The minimum absolute atomic E-state index is 0.311. The number of hydrogen-bond donors (Lipinski definition) is 1. The predicted octanol–water partition coefficient (Wildman–Crippen LogP) is 2.70. The third kappa shape index (κ3) is 3.06. The normalized spacial score (nSPS) is 18.5. The maximum Gasteiger partial charge on any atom is 0.163 e. The fourth-order valence-corrected chi connectivity index (χ4v) is 2.71. The van der Waals surface area contributed by atoms with Gasteiger partial charge in [-0.15, -0.1) is 0 Å². The first-order chi connectivity index (χ1) is 8.50. The van der Waals surface area contributed by atoms with Crippen LogP contribution in [0, 0.1) is 11.6 Å². The lowest BCUT2D eigenvalue weighted by molar-refractivity contribution is 0.0142. The van der Waals surface area contributed by atoms with Gasteiger partial charge in [0.15, 0.2) is 11.6 Å². The van der Waals surface area contributed by atoms with Gasteiger partial charge in [-0.2, -0.15) is 0 Å². The summed E-state index contributed by atoms with van der Waals surface area (Å²) in [6.07, 6.45) is 3.67. The van der Waals surface area contributed by atoms with Gasteiger partial charge in [-0.05, 0) is 26.0 Å². The van der Waals surface area contributed by atoms with Crippen molar-refractivity contribution in [3.05, 3.63) is 35.4 Å². The Kier molecular flexibility index (Phi) is 3.97. The van der Waals surface area contributed by atoms with Gasteiger partial charge in [-0.3, -0.25) is 4.90 Å². The zero-order valence-corrected chi connectivity index (χ0v) is 10.6. The van der Waals surface area contributed by atoms with Crippen LogP contribution in [0.4, 0.5) is 8.78 Å². The molecule has 1 N–H and O–H groups in total. The van der Waals surface area contributed by atoms with E-state index in [0.29, 0.717) is 18.7 Å². The molecule has 0 atom stereocenters. The molecule has 1 aliphatic rings. The van der Waals surface area contributed by atoms with Crippen molar-refractivity contribution in [3.8, 4) is 0 Å². The van der Waals surface area contributed by atoms with Gasteiger partial charge in [0.05, 0.1) is 5.60 Å². The first-order valence-corrected chi connectivity index (χ1v) is 6.34. The van der Waals surface area contributed by atoms with Gasteiger partial charge in [0.25, 0.3) is 0 Å². The van der Waals surface area contributed by atoms with E-state index < -0.39 is 17.2 Å². The maximum absolute atomic E-state index is 13.5. The van der Waals surface area contributed by atoms with E-state index >= 15 is 0 Å². The highest BCUT2D eigenvalue weighted by atomic mass is 19.2. The Labute approximate surface area is 106 Å². The van der Waals surface area contributed by atoms with Crippen molar-refractivity contribution in [3.63, 3.8) is 0 Å². The standard InChI is InChI=1S/C14H19F2NO/c1-17(10-14(18)7-2-3-8-14)9-11-5-4-6-12(15)13(11)16/h4-6,18H,2-3,7-10H2,1H3. The summed E-state index contributed by atoms with van der Waals surface area (Å²) in [7, 11) is 1.82. The lowest BCUT2D eigenvalue weighted by Gasteiger charge is -2.28. The van der Waals surface area contributed by atoms with Crippen molar-refractivity contribution in [1.29, 1.82) is 0 Å². The Morgan fingerprint density at radius 2 is 1.94 bits per heavy atom. The minimum Gasteiger partial charge on any atom is -0.389 e. The van der Waals surface area contributed by atoms with Crippen molar-refractivity contribution in [2.24, 2.45) is 0 Å². The molecule has 1 aliphatic carbocycles. The average Bonchev–Trinajstić information content (AvgIpc) is 2.71. The van der Waals surface area contributed by atoms with Gasteiger partial charge in [0.1, 0.15) is 0 Å². The molecule has 0 bridgehead atoms. The van der Waals surface area contributed by atoms with Crippen LogP contribution in [0.2, 0.25) is 0 Å². The van der Waals surface area contributed by atoms with E-state index in [1.807, 2.05) is 11.9 Å². The molecule has 0 saturated heterocycles. The van der Waals surface area contributed by atoms with Gasteiger partial charge in [-0.25, -0.2) is 8.78 Å². The van der Waals surface area contributed by atoms with Crippen LogP contribution in [0.1, 0.15) is 31.2 Å². The van der Waals surface area contributed by atoms with Crippen LogP contribution in [0.15, 0.2) is 18.2 Å². The highest BCUT2D eigenvalue weighted by Crippen LogP contribution is 2.30. The Morgan fingerprint density at radius 1 is 1.28 bits per heavy atom. The molecule has 0 radical (unpaired) electrons. The first-order valence-electron chi connectivity index (χ1n) is 6.34. The average molecular weight is 255 g/mol. The molecule has 4 heteroatoms. The summed E-state index contributed by atoms with van der Waals surface area (Å²) in [6.45, 7) is 0.814. The zero-order chi connectivity index (χ0) is 13.2. The second-order valence-electron chi connectivity index (χ2n) is 5.32. The lowest BCUT2D eigenvalue weighted by atomic mass is 10.0. The highest BCUT2D eigenvalue weighted by molar-refractivity contribution is 5.18. The maximum atomic E-state index is 13.5. The van der Waals surface area contributed by atoms with Crippen LogP contribution in [0.5, 0.6) is 0 Å². The first kappa shape index (κ1) is 13.4. The number of halogens is 2. The molecule has 1 aromatic rings. The summed E-state index contributed by atoms with van der Waals surface area (Å²) >= 11 is 0. The molecular formula is C14H19F2NO. The number of benzene rings is 1. The van der Waals surface area contributed by atoms with Crippen LogP contribution in [-0.4, -0.2) is 29.2 Å². The third-order valence-corrected chi connectivity index (χ3v) is 3.57. The summed E-state index contributed by atoms with van der Waals surface area (Å²) in [5, 5.41) is 10.3. The van der Waals surface area contributed by atoms with Crippen molar-refractivity contribution in [1.82, 2.24) is 4.90 Å². The molecule has 100 valence electrons. The fraction of sp³-hybridized carbons (Fsp3) is 0.571. The Hall–Kier alpha value is -1.00. The quantitative estimate of drug-likeness (QED) is 0.894. The molecule has 2 rings (SSSR count). The van der Waals surface area contributed by atoms with E-state index in [-0.39, 0.29) is 0 Å². The van der Waals surface area contributed by atoms with E-state index in [2.05, 4.69) is 0 Å². The molecule has 0 unspecified atom stereocenters. The number of likely N-dealkylation sites (N-methyl/N-ethyl adjacent to an activating group) is 1. The number of hydrogen-bond acceptors (Lipinski definition) is 2. The van der Waals surface area contributed by atoms with Crippen molar-refractivity contribution < 1.29 is 13.9 Å². The molecular weight excluding hydrogens is 236 g/mol. The lowest BCUT2D eigenvalue weighted by Crippen LogP contribution is -2.38. The Morgan fingerprint density at radius 3 is 2.61 bits per heavy atom. The predicted molar refractivity (Wildman–Crippen MR) is 66.1 cm³/mol. The molecule has 1 aromatic carbocycles. The summed E-state index contributed by atoms with van der Waals surface area (Å²) < 4.78 is 26.6. The topological polar surface area (TPSA) is 23.5 Å². The highest BCUT2D eigenvalue weighted by Gasteiger charge is 2.32. The smallest absolute Gasteiger partial charge is 0.163 e. The molecule has 18 heavy (non-hydrogen) atoms. The SMILES string of the molecule is CN(Cc1cccc(F)c1F)CC1(O)CCCC1. The molecule has 1 saturated carbocycles. The molecule has 0 aliphatic heterocycles. The largest absolute Gasteiger partial charge is 0.389 e. The third-order valence-electron chi connectivity index (χ3n) is 3.57. The van der Waals surface area contributed by atoms with Gasteiger partial charge in [0.2, 0.25) is 0 Å². The number of rotatable bonds is 4. The summed E-state index contributed by atoms with van der Waals surface area (Å²) in [6, 6.07) is 4.20. The Balaban J connectivity index is 1.98. The fourth-order valence-electron chi connectivity index (χ4n) is 2.71. The van der Waals surface area contributed by atoms with Gasteiger partial charge in [-0.1, -0.05) is 25.0 Å². The molecule has 0 heterocycles. The van der Waals surface area contributed by atoms with Crippen LogP contribution in [-0.2, 0) is 6.54 Å². The summed E-state index contributed by atoms with van der Waals surface area (Å²) in [5.41, 5.74) is -0.322. The van der Waals surface area contributed by atoms with Crippen LogP contribution in [0.25, 0.3) is 0 Å². The van der Waals surface area contributed by atoms with Crippen molar-refractivity contribution in [2.75, 3.05) is 13.6 Å². The van der Waals surface area contributed by atoms with E-state index in [1.54, 1.807) is 6.07 Å². The zero-order valence-electron chi connectivity index (χ0n) is 10.6. The molecule has 1 fully saturated rings. The van der Waals surface area contributed by atoms with Crippen LogP contribution < -0.4 is 0 Å². The molecule has 0 aromatic heterocycles. The summed E-state index contributed by atoms with van der Waals surface area (Å²) in [5.74, 6) is -1.61. The number of nitrogens with zero attached hydrogens (tertiary/aromatic N) is 1. The second-order valence-corrected chi connectivity index (χ2v) is 5.32. The van der Waals surface area contributed by atoms with Crippen molar-refractivity contribution >= 4 is 0 Å². The van der Waals surface area contributed by atoms with E-state index in [9.17, 15) is 13.9 Å². The molecule has 0 amide bonds.